The largest absolute Gasteiger partial charge is 0.476 e. The summed E-state index contributed by atoms with van der Waals surface area (Å²) in [5.74, 6) is -1.07. The second-order valence-electron chi connectivity index (χ2n) is 5.13. The van der Waals surface area contributed by atoms with Crippen LogP contribution in [0.1, 0.15) is 54.1 Å². The van der Waals surface area contributed by atoms with Gasteiger partial charge >= 0.3 is 12.1 Å². The number of aromatic carboxylic acids is 1. The molecule has 0 fully saturated rings. The number of ether oxygens (including phenoxy) is 1. The highest BCUT2D eigenvalue weighted by Gasteiger charge is 2.22. The molecular formula is C12H18N2O4S. The van der Waals surface area contributed by atoms with Crippen LogP contribution >= 0.6 is 11.3 Å². The number of hydrogen-bond donors (Lipinski definition) is 2. The molecule has 1 heterocycles. The van der Waals surface area contributed by atoms with Crippen molar-refractivity contribution in [3.05, 3.63) is 15.6 Å². The van der Waals surface area contributed by atoms with Gasteiger partial charge in [-0.25, -0.2) is 14.6 Å². The summed E-state index contributed by atoms with van der Waals surface area (Å²) in [5, 5.41) is 12.1. The lowest BCUT2D eigenvalue weighted by molar-refractivity contribution is 0.0507. The van der Waals surface area contributed by atoms with E-state index in [2.05, 4.69) is 10.3 Å². The third kappa shape index (κ3) is 4.51. The van der Waals surface area contributed by atoms with Crippen LogP contribution < -0.4 is 5.32 Å². The van der Waals surface area contributed by atoms with Gasteiger partial charge in [0.15, 0.2) is 5.69 Å². The number of alkyl carbamates (subject to hydrolysis) is 1. The number of carbonyl (C=O) groups excluding carboxylic acids is 1. The molecule has 0 aliphatic carbocycles. The second-order valence-corrected chi connectivity index (χ2v) is 6.36. The lowest BCUT2D eigenvalue weighted by atomic mass is 10.2. The molecule has 1 aromatic heterocycles. The summed E-state index contributed by atoms with van der Waals surface area (Å²) in [6.07, 6.45) is -0.551. The summed E-state index contributed by atoms with van der Waals surface area (Å²) in [4.78, 5) is 27.1. The molecule has 1 aromatic rings. The Hall–Kier alpha value is -1.63. The number of aromatic nitrogens is 1. The van der Waals surface area contributed by atoms with Crippen LogP contribution in [0.3, 0.4) is 0 Å². The molecule has 2 N–H and O–H groups in total. The van der Waals surface area contributed by atoms with E-state index in [1.54, 1.807) is 34.6 Å². The fourth-order valence-corrected chi connectivity index (χ4v) is 2.26. The van der Waals surface area contributed by atoms with Gasteiger partial charge in [-0.05, 0) is 34.6 Å². The van der Waals surface area contributed by atoms with Gasteiger partial charge in [-0.15, -0.1) is 11.3 Å². The Bertz CT molecular complexity index is 490. The lowest BCUT2D eigenvalue weighted by Crippen LogP contribution is -2.34. The van der Waals surface area contributed by atoms with Crippen LogP contribution in [0.2, 0.25) is 0 Å². The summed E-state index contributed by atoms with van der Waals surface area (Å²) in [7, 11) is 0. The Morgan fingerprint density at radius 1 is 1.42 bits per heavy atom. The zero-order chi connectivity index (χ0) is 14.8. The minimum atomic E-state index is -1.07. The topological polar surface area (TPSA) is 88.5 Å². The SMILES string of the molecule is Cc1sc([C@H](C)NC(=O)OC(C)(C)C)nc1C(=O)O. The van der Waals surface area contributed by atoms with Crippen molar-refractivity contribution in [2.45, 2.75) is 46.3 Å². The summed E-state index contributed by atoms with van der Waals surface area (Å²) >= 11 is 1.25. The summed E-state index contributed by atoms with van der Waals surface area (Å²) in [6, 6.07) is -0.397. The Kier molecular flexibility index (Phi) is 4.52. The molecule has 1 atom stereocenters. The van der Waals surface area contributed by atoms with E-state index in [0.29, 0.717) is 9.88 Å². The maximum atomic E-state index is 11.6. The van der Waals surface area contributed by atoms with Crippen LogP contribution in [0.4, 0.5) is 4.79 Å². The highest BCUT2D eigenvalue weighted by molar-refractivity contribution is 7.11. The van der Waals surface area contributed by atoms with Crippen LogP contribution in [0, 0.1) is 6.92 Å². The number of amides is 1. The van der Waals surface area contributed by atoms with Crippen LogP contribution in [0.15, 0.2) is 0 Å². The highest BCUT2D eigenvalue weighted by atomic mass is 32.1. The number of nitrogens with zero attached hydrogens (tertiary/aromatic N) is 1. The number of carboxylic acids is 1. The average Bonchev–Trinajstić information content (AvgIpc) is 2.57. The third-order valence-corrected chi connectivity index (χ3v) is 3.27. The van der Waals surface area contributed by atoms with Gasteiger partial charge in [-0.3, -0.25) is 0 Å². The number of hydrogen-bond acceptors (Lipinski definition) is 5. The number of aryl methyl sites for hydroxylation is 1. The van der Waals surface area contributed by atoms with Crippen molar-refractivity contribution in [3.8, 4) is 0 Å². The first-order chi connectivity index (χ1) is 8.60. The van der Waals surface area contributed by atoms with E-state index in [0.717, 1.165) is 0 Å². The van der Waals surface area contributed by atoms with E-state index in [9.17, 15) is 9.59 Å². The first-order valence-corrected chi connectivity index (χ1v) is 6.62. The minimum Gasteiger partial charge on any atom is -0.476 e. The zero-order valence-electron chi connectivity index (χ0n) is 11.6. The number of nitrogens with one attached hydrogen (secondary N) is 1. The molecule has 0 aromatic carbocycles. The molecule has 106 valence electrons. The number of rotatable bonds is 3. The summed E-state index contributed by atoms with van der Waals surface area (Å²) in [6.45, 7) is 8.73. The molecule has 19 heavy (non-hydrogen) atoms. The molecule has 1 amide bonds. The van der Waals surface area contributed by atoms with Crippen molar-refractivity contribution < 1.29 is 19.4 Å². The molecular weight excluding hydrogens is 268 g/mol. The number of thiazole rings is 1. The molecule has 1 rings (SSSR count). The monoisotopic (exact) mass is 286 g/mol. The maximum absolute atomic E-state index is 11.6. The Labute approximate surface area is 115 Å². The van der Waals surface area contributed by atoms with Gasteiger partial charge in [0, 0.05) is 4.88 Å². The predicted octanol–water partition coefficient (Wildman–Crippen LogP) is 2.74. The van der Waals surface area contributed by atoms with Crippen LogP contribution in [-0.4, -0.2) is 27.8 Å². The van der Waals surface area contributed by atoms with Crippen LogP contribution in [0.5, 0.6) is 0 Å². The molecule has 0 saturated heterocycles. The van der Waals surface area contributed by atoms with Crippen LogP contribution in [0.25, 0.3) is 0 Å². The summed E-state index contributed by atoms with van der Waals surface area (Å²) in [5.41, 5.74) is -0.549. The van der Waals surface area contributed by atoms with E-state index in [4.69, 9.17) is 9.84 Å². The molecule has 0 radical (unpaired) electrons. The lowest BCUT2D eigenvalue weighted by Gasteiger charge is -2.21. The zero-order valence-corrected chi connectivity index (χ0v) is 12.4. The van der Waals surface area contributed by atoms with Crippen molar-refractivity contribution >= 4 is 23.4 Å². The van der Waals surface area contributed by atoms with E-state index >= 15 is 0 Å². The van der Waals surface area contributed by atoms with Crippen molar-refractivity contribution in [1.82, 2.24) is 10.3 Å². The molecule has 6 nitrogen and oxygen atoms in total. The van der Waals surface area contributed by atoms with E-state index < -0.39 is 23.7 Å². The maximum Gasteiger partial charge on any atom is 0.408 e. The molecule has 0 aliphatic rings. The number of carbonyl (C=O) groups is 2. The van der Waals surface area contributed by atoms with Crippen LogP contribution in [-0.2, 0) is 4.74 Å². The molecule has 0 bridgehead atoms. The van der Waals surface area contributed by atoms with Gasteiger partial charge in [0.1, 0.15) is 10.6 Å². The van der Waals surface area contributed by atoms with Crippen molar-refractivity contribution in [2.24, 2.45) is 0 Å². The average molecular weight is 286 g/mol. The van der Waals surface area contributed by atoms with E-state index in [1.165, 1.54) is 11.3 Å². The quantitative estimate of drug-likeness (QED) is 0.892. The first kappa shape index (κ1) is 15.4. The van der Waals surface area contributed by atoms with E-state index in [1.807, 2.05) is 0 Å². The minimum absolute atomic E-state index is 0.0258. The molecule has 7 heteroatoms. The van der Waals surface area contributed by atoms with E-state index in [-0.39, 0.29) is 5.69 Å². The highest BCUT2D eigenvalue weighted by Crippen LogP contribution is 2.23. The molecule has 0 aliphatic heterocycles. The smallest absolute Gasteiger partial charge is 0.408 e. The van der Waals surface area contributed by atoms with Gasteiger partial charge < -0.3 is 15.2 Å². The molecule has 0 spiro atoms. The second kappa shape index (κ2) is 5.56. The van der Waals surface area contributed by atoms with Gasteiger partial charge in [0.05, 0.1) is 6.04 Å². The first-order valence-electron chi connectivity index (χ1n) is 5.80. The third-order valence-electron chi connectivity index (χ3n) is 2.12. The fourth-order valence-electron chi connectivity index (χ4n) is 1.35. The van der Waals surface area contributed by atoms with Gasteiger partial charge in [0.2, 0.25) is 0 Å². The normalized spacial score (nSPS) is 12.9. The van der Waals surface area contributed by atoms with Gasteiger partial charge in [-0.2, -0.15) is 0 Å². The number of carboxylic acid groups (broad SMARTS) is 1. The van der Waals surface area contributed by atoms with Crippen molar-refractivity contribution in [3.63, 3.8) is 0 Å². The van der Waals surface area contributed by atoms with Crippen molar-refractivity contribution in [2.75, 3.05) is 0 Å². The van der Waals surface area contributed by atoms with Gasteiger partial charge in [0.25, 0.3) is 0 Å². The van der Waals surface area contributed by atoms with Crippen molar-refractivity contribution in [1.29, 1.82) is 0 Å². The molecule has 0 saturated carbocycles. The predicted molar refractivity (Wildman–Crippen MR) is 71.6 cm³/mol. The van der Waals surface area contributed by atoms with Gasteiger partial charge in [-0.1, -0.05) is 0 Å². The summed E-state index contributed by atoms with van der Waals surface area (Å²) < 4.78 is 5.12. The molecule has 0 unspecified atom stereocenters. The Balaban J connectivity index is 2.73. The Morgan fingerprint density at radius 2 is 2.00 bits per heavy atom. The Morgan fingerprint density at radius 3 is 2.42 bits per heavy atom. The fraction of sp³-hybridized carbons (Fsp3) is 0.583. The standard InChI is InChI=1S/C12H18N2O4S/c1-6(13-11(17)18-12(3,4)5)9-14-8(10(15)16)7(2)19-9/h6H,1-5H3,(H,13,17)(H,15,16)/t6-/m0/s1.